The molecule has 0 spiro atoms. The van der Waals surface area contributed by atoms with Crippen molar-refractivity contribution in [2.45, 2.75) is 32.6 Å². The van der Waals surface area contributed by atoms with E-state index in [9.17, 15) is 13.2 Å². The Morgan fingerprint density at radius 2 is 1.74 bits per heavy atom. The normalized spacial score (nSPS) is 28.4. The Bertz CT molecular complexity index is 430. The van der Waals surface area contributed by atoms with Gasteiger partial charge in [0.2, 0.25) is 5.91 Å². The fraction of sp³-hybridized carbons (Fsp3) is 0.917. The number of piperidine rings is 2. The van der Waals surface area contributed by atoms with E-state index in [4.69, 9.17) is 5.73 Å². The predicted molar refractivity (Wildman–Crippen MR) is 72.4 cm³/mol. The molecule has 1 atom stereocenters. The maximum atomic E-state index is 12.5. The molecule has 0 aromatic heterocycles. The second-order valence-corrected chi connectivity index (χ2v) is 7.62. The minimum atomic E-state index is -3.35. The summed E-state index contributed by atoms with van der Waals surface area (Å²) in [6.07, 6.45) is 3.10. The van der Waals surface area contributed by atoms with Crippen LogP contribution in [0, 0.1) is 11.8 Å². The number of rotatable bonds is 3. The van der Waals surface area contributed by atoms with Gasteiger partial charge in [0.1, 0.15) is 0 Å². The molecule has 0 radical (unpaired) electrons. The monoisotopic (exact) mass is 289 g/mol. The Morgan fingerprint density at radius 3 is 2.26 bits per heavy atom. The topological polar surface area (TPSA) is 83.7 Å². The maximum Gasteiger partial charge on any atom is 0.281 e. The molecule has 2 N–H and O–H groups in total. The third-order valence-electron chi connectivity index (χ3n) is 4.13. The van der Waals surface area contributed by atoms with Crippen LogP contribution in [0.15, 0.2) is 0 Å². The van der Waals surface area contributed by atoms with E-state index < -0.39 is 10.2 Å². The summed E-state index contributed by atoms with van der Waals surface area (Å²) in [6, 6.07) is 0. The zero-order chi connectivity index (χ0) is 14.0. The molecule has 1 amide bonds. The van der Waals surface area contributed by atoms with Crippen molar-refractivity contribution in [1.82, 2.24) is 8.61 Å². The van der Waals surface area contributed by atoms with Gasteiger partial charge < -0.3 is 5.73 Å². The summed E-state index contributed by atoms with van der Waals surface area (Å²) >= 11 is 0. The number of amides is 1. The Balaban J connectivity index is 1.99. The number of nitrogens with zero attached hydrogens (tertiary/aromatic N) is 2. The van der Waals surface area contributed by atoms with Crippen LogP contribution in [-0.2, 0) is 15.0 Å². The number of nitrogens with two attached hydrogens (primary N) is 1. The van der Waals surface area contributed by atoms with Gasteiger partial charge in [0.25, 0.3) is 10.2 Å². The van der Waals surface area contributed by atoms with Crippen molar-refractivity contribution in [2.75, 3.05) is 26.2 Å². The second kappa shape index (κ2) is 5.76. The molecule has 0 saturated carbocycles. The van der Waals surface area contributed by atoms with Crippen molar-refractivity contribution >= 4 is 16.1 Å². The molecule has 2 fully saturated rings. The van der Waals surface area contributed by atoms with Gasteiger partial charge in [-0.3, -0.25) is 4.79 Å². The smallest absolute Gasteiger partial charge is 0.281 e. The van der Waals surface area contributed by atoms with Crippen LogP contribution < -0.4 is 5.73 Å². The molecule has 2 saturated heterocycles. The summed E-state index contributed by atoms with van der Waals surface area (Å²) in [4.78, 5) is 11.1. The standard InChI is InChI=1S/C12H23N3O3S/c1-10-3-2-6-15(9-10)19(17,18)14-7-4-11(5-8-14)12(13)16/h10-11H,2-9H2,1H3,(H2,13,16)/t10-/m1/s1. The van der Waals surface area contributed by atoms with Gasteiger partial charge in [0, 0.05) is 32.1 Å². The van der Waals surface area contributed by atoms with Crippen LogP contribution in [0.25, 0.3) is 0 Å². The lowest BCUT2D eigenvalue weighted by molar-refractivity contribution is -0.122. The van der Waals surface area contributed by atoms with Crippen LogP contribution in [0.1, 0.15) is 32.6 Å². The van der Waals surface area contributed by atoms with Crippen molar-refractivity contribution in [1.29, 1.82) is 0 Å². The molecule has 7 heteroatoms. The number of hydrogen-bond donors (Lipinski definition) is 1. The molecule has 0 aliphatic carbocycles. The number of primary amides is 1. The summed E-state index contributed by atoms with van der Waals surface area (Å²) in [5.41, 5.74) is 5.27. The highest BCUT2D eigenvalue weighted by atomic mass is 32.2. The Labute approximate surface area is 115 Å². The predicted octanol–water partition coefficient (Wildman–Crippen LogP) is 0.160. The highest BCUT2D eigenvalue weighted by Crippen LogP contribution is 2.24. The van der Waals surface area contributed by atoms with Crippen molar-refractivity contribution in [2.24, 2.45) is 17.6 Å². The van der Waals surface area contributed by atoms with Gasteiger partial charge in [-0.25, -0.2) is 0 Å². The van der Waals surface area contributed by atoms with Gasteiger partial charge in [-0.1, -0.05) is 6.92 Å². The lowest BCUT2D eigenvalue weighted by atomic mass is 9.98. The molecule has 0 aromatic rings. The number of carbonyl (C=O) groups is 1. The van der Waals surface area contributed by atoms with Gasteiger partial charge in [0.05, 0.1) is 0 Å². The molecule has 2 aliphatic rings. The zero-order valence-electron chi connectivity index (χ0n) is 11.4. The maximum absolute atomic E-state index is 12.5. The largest absolute Gasteiger partial charge is 0.369 e. The highest BCUT2D eigenvalue weighted by Gasteiger charge is 2.35. The van der Waals surface area contributed by atoms with Gasteiger partial charge >= 0.3 is 0 Å². The third-order valence-corrected chi connectivity index (χ3v) is 6.13. The molecular formula is C12H23N3O3S. The minimum Gasteiger partial charge on any atom is -0.369 e. The van der Waals surface area contributed by atoms with E-state index in [1.54, 1.807) is 4.31 Å². The fourth-order valence-electron chi connectivity index (χ4n) is 2.89. The Morgan fingerprint density at radius 1 is 1.11 bits per heavy atom. The number of hydrogen-bond acceptors (Lipinski definition) is 3. The van der Waals surface area contributed by atoms with Gasteiger partial charge in [-0.15, -0.1) is 0 Å². The first kappa shape index (κ1) is 14.7. The minimum absolute atomic E-state index is 0.174. The summed E-state index contributed by atoms with van der Waals surface area (Å²) < 4.78 is 28.1. The van der Waals surface area contributed by atoms with Crippen molar-refractivity contribution in [3.05, 3.63) is 0 Å². The van der Waals surface area contributed by atoms with E-state index in [0.29, 0.717) is 44.9 Å². The lowest BCUT2D eigenvalue weighted by Crippen LogP contribution is -2.50. The molecule has 6 nitrogen and oxygen atoms in total. The molecule has 2 rings (SSSR count). The molecule has 0 unspecified atom stereocenters. The molecule has 2 aliphatic heterocycles. The van der Waals surface area contributed by atoms with E-state index in [2.05, 4.69) is 6.92 Å². The Hall–Kier alpha value is -0.660. The van der Waals surface area contributed by atoms with E-state index in [-0.39, 0.29) is 11.8 Å². The first-order chi connectivity index (χ1) is 8.91. The second-order valence-electron chi connectivity index (χ2n) is 5.69. The Kier molecular flexibility index (Phi) is 4.47. The average Bonchev–Trinajstić information content (AvgIpc) is 2.39. The SMILES string of the molecule is C[C@@H]1CCCN(S(=O)(=O)N2CCC(C(N)=O)CC2)C1. The van der Waals surface area contributed by atoms with Crippen LogP contribution >= 0.6 is 0 Å². The first-order valence-electron chi connectivity index (χ1n) is 6.96. The molecule has 19 heavy (non-hydrogen) atoms. The summed E-state index contributed by atoms with van der Waals surface area (Å²) in [7, 11) is -3.35. The molecule has 2 heterocycles. The van der Waals surface area contributed by atoms with Crippen LogP contribution in [0.2, 0.25) is 0 Å². The van der Waals surface area contributed by atoms with Crippen molar-refractivity contribution < 1.29 is 13.2 Å². The molecule has 0 bridgehead atoms. The summed E-state index contributed by atoms with van der Waals surface area (Å²) in [5, 5.41) is 0. The zero-order valence-corrected chi connectivity index (χ0v) is 12.2. The third kappa shape index (κ3) is 3.27. The quantitative estimate of drug-likeness (QED) is 0.803. The fourth-order valence-corrected chi connectivity index (χ4v) is 4.69. The van der Waals surface area contributed by atoms with Gasteiger partial charge in [-0.05, 0) is 31.6 Å². The summed E-state index contributed by atoms with van der Waals surface area (Å²) in [5.74, 6) is -0.0675. The van der Waals surface area contributed by atoms with Crippen LogP contribution in [0.4, 0.5) is 0 Å². The summed E-state index contributed by atoms with van der Waals surface area (Å²) in [6.45, 7) is 4.11. The highest BCUT2D eigenvalue weighted by molar-refractivity contribution is 7.86. The van der Waals surface area contributed by atoms with Crippen molar-refractivity contribution in [3.8, 4) is 0 Å². The van der Waals surface area contributed by atoms with Gasteiger partial charge in [-0.2, -0.15) is 17.0 Å². The van der Waals surface area contributed by atoms with E-state index in [1.165, 1.54) is 4.31 Å². The van der Waals surface area contributed by atoms with E-state index in [0.717, 1.165) is 12.8 Å². The van der Waals surface area contributed by atoms with Crippen molar-refractivity contribution in [3.63, 3.8) is 0 Å². The molecule has 110 valence electrons. The van der Waals surface area contributed by atoms with Crippen LogP contribution in [-0.4, -0.2) is 49.1 Å². The lowest BCUT2D eigenvalue weighted by Gasteiger charge is -2.37. The molecule has 0 aromatic carbocycles. The molecular weight excluding hydrogens is 266 g/mol. The van der Waals surface area contributed by atoms with Crippen LogP contribution in [0.5, 0.6) is 0 Å². The van der Waals surface area contributed by atoms with Crippen LogP contribution in [0.3, 0.4) is 0 Å². The first-order valence-corrected chi connectivity index (χ1v) is 8.35. The average molecular weight is 289 g/mol. The number of carbonyl (C=O) groups excluding carboxylic acids is 1. The van der Waals surface area contributed by atoms with E-state index >= 15 is 0 Å². The van der Waals surface area contributed by atoms with Gasteiger partial charge in [0.15, 0.2) is 0 Å². The van der Waals surface area contributed by atoms with E-state index in [1.807, 2.05) is 0 Å².